The van der Waals surface area contributed by atoms with Crippen LogP contribution in [0.2, 0.25) is 0 Å². The molecule has 1 saturated heterocycles. The van der Waals surface area contributed by atoms with Gasteiger partial charge < -0.3 is 49.1 Å². The van der Waals surface area contributed by atoms with E-state index in [1.165, 1.54) is 13.8 Å². The second-order valence-electron chi connectivity index (χ2n) is 19.7. The van der Waals surface area contributed by atoms with E-state index >= 15 is 0 Å². The summed E-state index contributed by atoms with van der Waals surface area (Å²) in [6, 6.07) is 5.27. The zero-order valence-electron chi connectivity index (χ0n) is 41.3. The van der Waals surface area contributed by atoms with Gasteiger partial charge in [0.15, 0.2) is 29.5 Å². The van der Waals surface area contributed by atoms with Crippen LogP contribution in [-0.2, 0) is 65.2 Å². The quantitative estimate of drug-likeness (QED) is 0.0290. The number of carbonyl (C=O) groups is 6. The zero-order chi connectivity index (χ0) is 49.9. The number of aromatic hydroxyl groups is 1. The average Bonchev–Trinajstić information content (AvgIpc) is 3.57. The molecule has 0 aromatic heterocycles. The minimum atomic E-state index is -2.67. The summed E-state index contributed by atoms with van der Waals surface area (Å²) < 4.78 is 35.3. The first-order valence-corrected chi connectivity index (χ1v) is 24.0. The molecule has 0 bridgehead atoms. The van der Waals surface area contributed by atoms with Crippen molar-refractivity contribution in [3.63, 3.8) is 0 Å². The van der Waals surface area contributed by atoms with E-state index in [-0.39, 0.29) is 41.7 Å². The number of aliphatic hydroxyl groups is 2. The number of aryl methyl sites for hydroxylation is 2. The van der Waals surface area contributed by atoms with Gasteiger partial charge >= 0.3 is 35.9 Å². The standard InChI is InChI=1S/C51H75NO15/c1-11-13-14-15-19-24-39(56)63-43-41-40(32(4)42(43)64-45(57)31(3)12-2)44-51(61,50(10,60)46(58)65-44)37(30-49(41,9)66-33(5)53)62-38(55)25-21-22-34-26-27-36(54)35(29-34)23-18-16-17-20-28-52-47(59)67-48(6,7)8/h12,26-27,29,37,41-44,54,60-61H,11,13-25,28,30H2,1-10H3,(H,52,59)/b31-12-/t37-,41+,42-,43-,44-,49-,50+,51+/m0/s1. The van der Waals surface area contributed by atoms with Crippen molar-refractivity contribution in [2.24, 2.45) is 5.92 Å². The van der Waals surface area contributed by atoms with Gasteiger partial charge in [0.2, 0.25) is 0 Å². The van der Waals surface area contributed by atoms with Crippen molar-refractivity contribution >= 4 is 35.9 Å². The van der Waals surface area contributed by atoms with Crippen molar-refractivity contribution in [3.8, 4) is 5.75 Å². The molecule has 0 radical (unpaired) electrons. The fourth-order valence-electron chi connectivity index (χ4n) is 9.43. The summed E-state index contributed by atoms with van der Waals surface area (Å²) in [5.41, 5.74) is -5.43. The number of phenols is 1. The molecule has 4 rings (SSSR count). The molecule has 1 heterocycles. The lowest BCUT2D eigenvalue weighted by Crippen LogP contribution is -2.64. The van der Waals surface area contributed by atoms with Crippen LogP contribution < -0.4 is 5.32 Å². The van der Waals surface area contributed by atoms with E-state index in [4.69, 9.17) is 28.4 Å². The van der Waals surface area contributed by atoms with Crippen molar-refractivity contribution in [1.82, 2.24) is 5.32 Å². The molecule has 374 valence electrons. The number of amides is 1. The zero-order valence-corrected chi connectivity index (χ0v) is 41.3. The van der Waals surface area contributed by atoms with Crippen LogP contribution in [0.5, 0.6) is 5.75 Å². The highest BCUT2D eigenvalue weighted by Crippen LogP contribution is 2.57. The van der Waals surface area contributed by atoms with E-state index in [0.717, 1.165) is 69.4 Å². The molecular formula is C51H75NO15. The molecule has 16 nitrogen and oxygen atoms in total. The Labute approximate surface area is 395 Å². The number of hydrogen-bond donors (Lipinski definition) is 4. The first-order chi connectivity index (χ1) is 31.4. The molecule has 0 spiro atoms. The lowest BCUT2D eigenvalue weighted by Gasteiger charge is -2.41. The van der Waals surface area contributed by atoms with Gasteiger partial charge in [-0.2, -0.15) is 0 Å². The molecule has 1 aromatic rings. The molecule has 1 aliphatic heterocycles. The molecule has 1 amide bonds. The second-order valence-corrected chi connectivity index (χ2v) is 19.7. The van der Waals surface area contributed by atoms with Crippen molar-refractivity contribution in [1.29, 1.82) is 0 Å². The molecule has 8 atom stereocenters. The molecule has 2 fully saturated rings. The summed E-state index contributed by atoms with van der Waals surface area (Å²) in [5.74, 6) is -5.14. The predicted octanol–water partition coefficient (Wildman–Crippen LogP) is 7.48. The second kappa shape index (κ2) is 23.4. The van der Waals surface area contributed by atoms with E-state index in [1.54, 1.807) is 39.0 Å². The first kappa shape index (κ1) is 54.6. The van der Waals surface area contributed by atoms with E-state index in [2.05, 4.69) is 12.2 Å². The van der Waals surface area contributed by atoms with Gasteiger partial charge in [-0.25, -0.2) is 14.4 Å². The van der Waals surface area contributed by atoms with E-state index in [1.807, 2.05) is 26.8 Å². The maximum absolute atomic E-state index is 13.8. The number of benzene rings is 1. The molecule has 4 N–H and O–H groups in total. The van der Waals surface area contributed by atoms with Crippen LogP contribution >= 0.6 is 0 Å². The van der Waals surface area contributed by atoms with Gasteiger partial charge in [0.1, 0.15) is 23.1 Å². The summed E-state index contributed by atoms with van der Waals surface area (Å²) >= 11 is 0. The van der Waals surface area contributed by atoms with Crippen LogP contribution in [0.3, 0.4) is 0 Å². The Balaban J connectivity index is 1.55. The third kappa shape index (κ3) is 13.6. The Morgan fingerprint density at radius 3 is 2.18 bits per heavy atom. The third-order valence-corrected chi connectivity index (χ3v) is 13.1. The highest BCUT2D eigenvalue weighted by atomic mass is 16.6. The maximum Gasteiger partial charge on any atom is 0.407 e. The van der Waals surface area contributed by atoms with Gasteiger partial charge in [0.05, 0.1) is 5.92 Å². The Hall–Kier alpha value is -4.96. The molecule has 3 aliphatic rings. The number of fused-ring (bicyclic) bond motifs is 3. The third-order valence-electron chi connectivity index (χ3n) is 13.1. The average molecular weight is 942 g/mol. The Morgan fingerprint density at radius 2 is 1.52 bits per heavy atom. The molecule has 1 aromatic carbocycles. The summed E-state index contributed by atoms with van der Waals surface area (Å²) in [7, 11) is 0. The fraction of sp³-hybridized carbons (Fsp3) is 0.686. The molecule has 16 heteroatoms. The monoisotopic (exact) mass is 942 g/mol. The largest absolute Gasteiger partial charge is 0.508 e. The Kier molecular flexibility index (Phi) is 19.1. The number of allylic oxidation sites excluding steroid dienone is 1. The highest BCUT2D eigenvalue weighted by molar-refractivity contribution is 5.88. The smallest absolute Gasteiger partial charge is 0.407 e. The maximum atomic E-state index is 13.8. The normalized spacial score (nSPS) is 27.0. The van der Waals surface area contributed by atoms with Gasteiger partial charge in [0, 0.05) is 38.3 Å². The minimum Gasteiger partial charge on any atom is -0.508 e. The van der Waals surface area contributed by atoms with Gasteiger partial charge in [-0.3, -0.25) is 14.4 Å². The molecule has 0 unspecified atom stereocenters. The van der Waals surface area contributed by atoms with Gasteiger partial charge in [-0.15, -0.1) is 0 Å². The Morgan fingerprint density at radius 1 is 0.881 bits per heavy atom. The number of unbranched alkanes of at least 4 members (excludes halogenated alkanes) is 7. The number of hydrogen-bond acceptors (Lipinski definition) is 15. The SMILES string of the molecule is C/C=C(/C)C(=O)O[C@H]1C(C)=C2[C@H]([C@@H]1OC(=O)CCCCCCC)[C@@](C)(OC(C)=O)C[C@H](OC(=O)CCCc1ccc(O)c(CCCCCCNC(=O)OC(C)(C)C)c1)[C@@]1(O)[C@H]2OC(=O)[C@@]1(C)O. The summed E-state index contributed by atoms with van der Waals surface area (Å²) in [4.78, 5) is 79.2. The van der Waals surface area contributed by atoms with Crippen molar-refractivity contribution in [2.45, 2.75) is 212 Å². The summed E-state index contributed by atoms with van der Waals surface area (Å²) in [5, 5.41) is 38.0. The van der Waals surface area contributed by atoms with Crippen LogP contribution in [0.15, 0.2) is 41.0 Å². The lowest BCUT2D eigenvalue weighted by molar-refractivity contribution is -0.212. The van der Waals surface area contributed by atoms with Gasteiger partial charge in [-0.05, 0) is 122 Å². The molecular weight excluding hydrogens is 867 g/mol. The lowest BCUT2D eigenvalue weighted by atomic mass is 9.75. The van der Waals surface area contributed by atoms with Crippen molar-refractivity contribution in [3.05, 3.63) is 52.1 Å². The number of alkyl carbamates (subject to hydrolysis) is 1. The number of rotatable bonds is 22. The van der Waals surface area contributed by atoms with Crippen LogP contribution in [0.25, 0.3) is 0 Å². The molecule has 2 aliphatic carbocycles. The van der Waals surface area contributed by atoms with Crippen LogP contribution in [0, 0.1) is 5.92 Å². The highest BCUT2D eigenvalue weighted by Gasteiger charge is 2.76. The van der Waals surface area contributed by atoms with Gasteiger partial charge in [0.25, 0.3) is 0 Å². The van der Waals surface area contributed by atoms with Crippen LogP contribution in [0.4, 0.5) is 4.79 Å². The Bertz CT molecular complexity index is 2020. The predicted molar refractivity (Wildman–Crippen MR) is 246 cm³/mol. The van der Waals surface area contributed by atoms with E-state index < -0.39 is 95.1 Å². The first-order valence-electron chi connectivity index (χ1n) is 24.0. The number of carbonyl (C=O) groups excluding carboxylic acids is 6. The fourth-order valence-corrected chi connectivity index (χ4v) is 9.43. The topological polar surface area (TPSA) is 231 Å². The molecule has 1 saturated carbocycles. The molecule has 67 heavy (non-hydrogen) atoms. The number of nitrogens with one attached hydrogen (secondary N) is 1. The van der Waals surface area contributed by atoms with E-state index in [9.17, 15) is 44.1 Å². The van der Waals surface area contributed by atoms with Crippen LogP contribution in [-0.4, -0.2) is 105 Å². The summed E-state index contributed by atoms with van der Waals surface area (Å²) in [6.07, 6.45) is 3.41. The van der Waals surface area contributed by atoms with Crippen molar-refractivity contribution < 1.29 is 72.5 Å². The van der Waals surface area contributed by atoms with Crippen molar-refractivity contribution in [2.75, 3.05) is 6.54 Å². The number of phenolic OH excluding ortho intramolecular Hbond substituents is 1. The number of esters is 5. The summed E-state index contributed by atoms with van der Waals surface area (Å²) in [6.45, 7) is 16.5. The van der Waals surface area contributed by atoms with Gasteiger partial charge in [-0.1, -0.05) is 63.7 Å². The number of ether oxygens (including phenoxy) is 6. The van der Waals surface area contributed by atoms with Crippen LogP contribution in [0.1, 0.15) is 164 Å². The minimum absolute atomic E-state index is 0.0426. The van der Waals surface area contributed by atoms with E-state index in [0.29, 0.717) is 25.8 Å².